The second-order valence-corrected chi connectivity index (χ2v) is 8.40. The van der Waals surface area contributed by atoms with Gasteiger partial charge in [-0.05, 0) is 31.2 Å². The quantitative estimate of drug-likeness (QED) is 0.669. The third kappa shape index (κ3) is 4.44. The molecule has 0 aliphatic rings. The molecule has 0 bridgehead atoms. The molecule has 0 spiro atoms. The Labute approximate surface area is 160 Å². The molecule has 0 aliphatic carbocycles. The minimum atomic E-state index is -0.753. The molecular weight excluding hydrogens is 350 g/mol. The molecule has 0 N–H and O–H groups in total. The molecule has 0 saturated heterocycles. The second-order valence-electron chi connectivity index (χ2n) is 8.13. The van der Waals surface area contributed by atoms with E-state index in [0.29, 0.717) is 12.4 Å². The van der Waals surface area contributed by atoms with Crippen LogP contribution in [0.25, 0.3) is 11.4 Å². The van der Waals surface area contributed by atoms with Crippen molar-refractivity contribution in [1.82, 2.24) is 14.8 Å². The van der Waals surface area contributed by atoms with Gasteiger partial charge in [0.15, 0.2) is 5.82 Å². The van der Waals surface area contributed by atoms with Gasteiger partial charge >= 0.3 is 6.01 Å². The Hall–Kier alpha value is -1.88. The minimum absolute atomic E-state index is 0.0536. The van der Waals surface area contributed by atoms with Gasteiger partial charge in [0, 0.05) is 11.4 Å². The van der Waals surface area contributed by atoms with Gasteiger partial charge < -0.3 is 4.74 Å². The number of alkyl halides is 1. The first-order valence-corrected chi connectivity index (χ1v) is 9.45. The minimum Gasteiger partial charge on any atom is -0.462 e. The Bertz CT molecular complexity index is 758. The Morgan fingerprint density at radius 1 is 1.15 bits per heavy atom. The Morgan fingerprint density at radius 3 is 2.27 bits per heavy atom. The van der Waals surface area contributed by atoms with Crippen LogP contribution in [0.1, 0.15) is 58.3 Å². The zero-order chi connectivity index (χ0) is 19.5. The third-order valence-electron chi connectivity index (χ3n) is 4.14. The van der Waals surface area contributed by atoms with Crippen molar-refractivity contribution in [2.24, 2.45) is 5.41 Å². The van der Waals surface area contributed by atoms with Gasteiger partial charge in [-0.15, -0.1) is 16.7 Å². The van der Waals surface area contributed by atoms with Crippen molar-refractivity contribution in [2.45, 2.75) is 53.4 Å². The molecular formula is C20H28ClN3O2. The van der Waals surface area contributed by atoms with Crippen LogP contribution in [0.4, 0.5) is 0 Å². The molecule has 0 saturated carbocycles. The van der Waals surface area contributed by atoms with Crippen LogP contribution in [-0.2, 0) is 5.41 Å². The molecule has 26 heavy (non-hydrogen) atoms. The van der Waals surface area contributed by atoms with Gasteiger partial charge in [0.2, 0.25) is 0 Å². The predicted octanol–water partition coefficient (Wildman–Crippen LogP) is 4.94. The van der Waals surface area contributed by atoms with E-state index < -0.39 is 5.41 Å². The van der Waals surface area contributed by atoms with Crippen molar-refractivity contribution in [3.63, 3.8) is 0 Å². The topological polar surface area (TPSA) is 57.0 Å². The summed E-state index contributed by atoms with van der Waals surface area (Å²) in [7, 11) is 0. The highest BCUT2D eigenvalue weighted by molar-refractivity contribution is 6.20. The number of ether oxygens (including phenoxy) is 1. The summed E-state index contributed by atoms with van der Waals surface area (Å²) in [4.78, 5) is 17.4. The number of rotatable bonds is 6. The number of hydrogen-bond acceptors (Lipinski definition) is 4. The number of carbonyl (C=O) groups excluding carboxylic acids is 1. The highest BCUT2D eigenvalue weighted by Gasteiger charge is 2.32. The first kappa shape index (κ1) is 20.4. The molecule has 142 valence electrons. The fourth-order valence-electron chi connectivity index (χ4n) is 2.34. The predicted molar refractivity (Wildman–Crippen MR) is 105 cm³/mol. The van der Waals surface area contributed by atoms with Crippen LogP contribution in [-0.4, -0.2) is 33.2 Å². The Morgan fingerprint density at radius 2 is 1.77 bits per heavy atom. The van der Waals surface area contributed by atoms with Crippen molar-refractivity contribution in [2.75, 3.05) is 12.5 Å². The van der Waals surface area contributed by atoms with E-state index in [9.17, 15) is 4.79 Å². The van der Waals surface area contributed by atoms with Crippen molar-refractivity contribution >= 4 is 17.5 Å². The number of nitrogens with zero attached hydrogens (tertiary/aromatic N) is 3. The molecule has 2 aromatic rings. The lowest BCUT2D eigenvalue weighted by atomic mass is 9.86. The molecule has 1 heterocycles. The molecule has 0 fully saturated rings. The molecule has 5 nitrogen and oxygen atoms in total. The Kier molecular flexibility index (Phi) is 6.12. The summed E-state index contributed by atoms with van der Waals surface area (Å²) in [6.45, 7) is 12.6. The zero-order valence-corrected chi connectivity index (χ0v) is 17.2. The molecule has 0 radical (unpaired) electrons. The van der Waals surface area contributed by atoms with Crippen molar-refractivity contribution in [3.05, 3.63) is 29.8 Å². The van der Waals surface area contributed by atoms with Gasteiger partial charge in [-0.2, -0.15) is 9.67 Å². The largest absolute Gasteiger partial charge is 0.462 e. The van der Waals surface area contributed by atoms with Crippen LogP contribution in [0, 0.1) is 5.41 Å². The number of hydrogen-bond donors (Lipinski definition) is 0. The molecule has 0 atom stereocenters. The number of aromatic nitrogens is 3. The van der Waals surface area contributed by atoms with Crippen LogP contribution in [0.2, 0.25) is 0 Å². The van der Waals surface area contributed by atoms with Crippen molar-refractivity contribution in [1.29, 1.82) is 0 Å². The molecule has 6 heteroatoms. The van der Waals surface area contributed by atoms with Gasteiger partial charge in [0.1, 0.15) is 0 Å². The monoisotopic (exact) mass is 377 g/mol. The standard InChI is InChI=1S/C20H28ClN3O2/c1-7-12-26-18-22-16(24(23-18)17(25)20(5,6)13-21)14-8-10-15(11-9-14)19(2,3)4/h8-11H,7,12-13H2,1-6H3. The molecule has 1 aromatic heterocycles. The summed E-state index contributed by atoms with van der Waals surface area (Å²) in [5.74, 6) is 0.459. The van der Waals surface area contributed by atoms with E-state index in [1.54, 1.807) is 13.8 Å². The van der Waals surface area contributed by atoms with Gasteiger partial charge in [-0.25, -0.2) is 0 Å². The maximum absolute atomic E-state index is 12.9. The fourth-order valence-corrected chi connectivity index (χ4v) is 2.45. The van der Waals surface area contributed by atoms with E-state index in [0.717, 1.165) is 12.0 Å². The van der Waals surface area contributed by atoms with E-state index in [1.165, 1.54) is 10.2 Å². The highest BCUT2D eigenvalue weighted by atomic mass is 35.5. The lowest BCUT2D eigenvalue weighted by molar-refractivity contribution is 0.0753. The van der Waals surface area contributed by atoms with Gasteiger partial charge in [0.25, 0.3) is 5.91 Å². The summed E-state index contributed by atoms with van der Waals surface area (Å²) in [6.07, 6.45) is 0.839. The van der Waals surface area contributed by atoms with E-state index in [2.05, 4.69) is 43.0 Å². The van der Waals surface area contributed by atoms with Gasteiger partial charge in [-0.1, -0.05) is 52.0 Å². The second kappa shape index (κ2) is 7.78. The summed E-state index contributed by atoms with van der Waals surface area (Å²) < 4.78 is 6.86. The average molecular weight is 378 g/mol. The summed E-state index contributed by atoms with van der Waals surface area (Å²) in [5, 5.41) is 4.28. The van der Waals surface area contributed by atoms with E-state index in [1.807, 2.05) is 19.1 Å². The van der Waals surface area contributed by atoms with Gasteiger partial charge in [0.05, 0.1) is 12.0 Å². The third-order valence-corrected chi connectivity index (χ3v) is 4.81. The smallest absolute Gasteiger partial charge is 0.336 e. The molecule has 0 aliphatic heterocycles. The van der Waals surface area contributed by atoms with Crippen LogP contribution in [0.5, 0.6) is 6.01 Å². The van der Waals surface area contributed by atoms with E-state index in [-0.39, 0.29) is 23.2 Å². The fraction of sp³-hybridized carbons (Fsp3) is 0.550. The van der Waals surface area contributed by atoms with E-state index >= 15 is 0 Å². The first-order chi connectivity index (χ1) is 12.1. The maximum atomic E-state index is 12.9. The van der Waals surface area contributed by atoms with Crippen molar-refractivity contribution < 1.29 is 9.53 Å². The van der Waals surface area contributed by atoms with Crippen LogP contribution < -0.4 is 4.74 Å². The average Bonchev–Trinajstić information content (AvgIpc) is 3.02. The lowest BCUT2D eigenvalue weighted by Crippen LogP contribution is -2.32. The lowest BCUT2D eigenvalue weighted by Gasteiger charge is -2.20. The normalized spacial score (nSPS) is 12.3. The van der Waals surface area contributed by atoms with Crippen molar-refractivity contribution in [3.8, 4) is 17.4 Å². The SMILES string of the molecule is CCCOc1nc(-c2ccc(C(C)(C)C)cc2)n(C(=O)C(C)(C)CCl)n1. The van der Waals surface area contributed by atoms with Gasteiger partial charge in [-0.3, -0.25) is 4.79 Å². The van der Waals surface area contributed by atoms with Crippen LogP contribution in [0.3, 0.4) is 0 Å². The number of benzene rings is 1. The maximum Gasteiger partial charge on any atom is 0.336 e. The molecule has 0 amide bonds. The summed E-state index contributed by atoms with van der Waals surface area (Å²) in [6, 6.07) is 8.24. The number of halogens is 1. The number of carbonyl (C=O) groups is 1. The highest BCUT2D eigenvalue weighted by Crippen LogP contribution is 2.28. The summed E-state index contributed by atoms with van der Waals surface area (Å²) >= 11 is 5.98. The molecule has 1 aromatic carbocycles. The van der Waals surface area contributed by atoms with Crippen LogP contribution >= 0.6 is 11.6 Å². The summed E-state index contributed by atoms with van der Waals surface area (Å²) in [5.41, 5.74) is 1.33. The Balaban J connectivity index is 2.48. The zero-order valence-electron chi connectivity index (χ0n) is 16.5. The van der Waals surface area contributed by atoms with E-state index in [4.69, 9.17) is 16.3 Å². The first-order valence-electron chi connectivity index (χ1n) is 8.91. The van der Waals surface area contributed by atoms with Crippen LogP contribution in [0.15, 0.2) is 24.3 Å². The molecule has 2 rings (SSSR count). The molecule has 0 unspecified atom stereocenters.